The fraction of sp³-hybridized carbons (Fsp3) is 0.133. The molecule has 104 valence electrons. The zero-order valence-corrected chi connectivity index (χ0v) is 11.3. The number of amides is 1. The number of H-pyrrole nitrogens is 1. The molecule has 6 heteroatoms. The van der Waals surface area contributed by atoms with Crippen LogP contribution in [0.1, 0.15) is 18.6 Å². The molecule has 0 radical (unpaired) electrons. The average Bonchev–Trinajstić information content (AvgIpc) is 2.89. The maximum Gasteiger partial charge on any atom is 0.412 e. The van der Waals surface area contributed by atoms with E-state index in [2.05, 4.69) is 20.3 Å². The highest BCUT2D eigenvalue weighted by Crippen LogP contribution is 2.34. The number of ether oxygens (including phenoxy) is 1. The summed E-state index contributed by atoms with van der Waals surface area (Å²) < 4.78 is 5.16. The summed E-state index contributed by atoms with van der Waals surface area (Å²) in [5.74, 6) is 0.773. The van der Waals surface area contributed by atoms with E-state index in [-0.39, 0.29) is 6.10 Å². The highest BCUT2D eigenvalue weighted by Gasteiger charge is 2.23. The Labute approximate surface area is 120 Å². The van der Waals surface area contributed by atoms with Crippen molar-refractivity contribution in [1.82, 2.24) is 15.0 Å². The topological polar surface area (TPSA) is 79.9 Å². The van der Waals surface area contributed by atoms with E-state index >= 15 is 0 Å². The van der Waals surface area contributed by atoms with Crippen LogP contribution in [0.5, 0.6) is 0 Å². The molecule has 6 nitrogen and oxygen atoms in total. The Morgan fingerprint density at radius 2 is 2.05 bits per heavy atom. The second-order valence-electron chi connectivity index (χ2n) is 4.95. The minimum Gasteiger partial charge on any atom is -0.441 e. The number of nitrogens with zero attached hydrogens (tertiary/aromatic N) is 2. The van der Waals surface area contributed by atoms with Crippen LogP contribution in [0, 0.1) is 0 Å². The number of benzene rings is 1. The molecule has 3 heterocycles. The molecule has 0 spiro atoms. The molecule has 1 aromatic carbocycles. The molecule has 0 fully saturated rings. The van der Waals surface area contributed by atoms with Crippen LogP contribution in [0.25, 0.3) is 22.4 Å². The predicted octanol–water partition coefficient (Wildman–Crippen LogP) is 3.25. The molecule has 1 atom stereocenters. The van der Waals surface area contributed by atoms with Crippen LogP contribution in [0.2, 0.25) is 0 Å². The lowest BCUT2D eigenvalue weighted by Crippen LogP contribution is -2.22. The molecule has 1 amide bonds. The molecule has 0 saturated heterocycles. The van der Waals surface area contributed by atoms with Crippen LogP contribution >= 0.6 is 0 Å². The van der Waals surface area contributed by atoms with Gasteiger partial charge in [0.2, 0.25) is 0 Å². The van der Waals surface area contributed by atoms with Gasteiger partial charge in [-0.15, -0.1) is 0 Å². The molecule has 0 bridgehead atoms. The number of hydrogen-bond donors (Lipinski definition) is 2. The van der Waals surface area contributed by atoms with Crippen molar-refractivity contribution < 1.29 is 9.53 Å². The number of aromatic amines is 1. The van der Waals surface area contributed by atoms with E-state index in [4.69, 9.17) is 4.74 Å². The van der Waals surface area contributed by atoms with Gasteiger partial charge in [-0.1, -0.05) is 0 Å². The third-order valence-electron chi connectivity index (χ3n) is 3.57. The Kier molecular flexibility index (Phi) is 2.44. The lowest BCUT2D eigenvalue weighted by molar-refractivity contribution is 0.117. The second-order valence-corrected chi connectivity index (χ2v) is 4.95. The zero-order chi connectivity index (χ0) is 14.4. The summed E-state index contributed by atoms with van der Waals surface area (Å²) in [6.07, 6.45) is 2.75. The Balaban J connectivity index is 1.87. The van der Waals surface area contributed by atoms with Gasteiger partial charge in [-0.3, -0.25) is 10.3 Å². The van der Waals surface area contributed by atoms with E-state index in [0.717, 1.165) is 33.7 Å². The van der Waals surface area contributed by atoms with Crippen LogP contribution < -0.4 is 5.32 Å². The molecular weight excluding hydrogens is 268 g/mol. The van der Waals surface area contributed by atoms with Crippen molar-refractivity contribution in [1.29, 1.82) is 0 Å². The molecule has 1 aliphatic heterocycles. The third-order valence-corrected chi connectivity index (χ3v) is 3.57. The highest BCUT2D eigenvalue weighted by molar-refractivity contribution is 5.93. The summed E-state index contributed by atoms with van der Waals surface area (Å²) in [4.78, 5) is 23.3. The summed E-state index contributed by atoms with van der Waals surface area (Å²) >= 11 is 0. The molecule has 3 aromatic rings. The Hall–Kier alpha value is -2.89. The van der Waals surface area contributed by atoms with Gasteiger partial charge in [-0.2, -0.15) is 0 Å². The molecule has 1 unspecified atom stereocenters. The van der Waals surface area contributed by atoms with Crippen LogP contribution in [-0.4, -0.2) is 21.0 Å². The van der Waals surface area contributed by atoms with E-state index in [1.54, 1.807) is 12.4 Å². The summed E-state index contributed by atoms with van der Waals surface area (Å²) in [7, 11) is 0. The van der Waals surface area contributed by atoms with Crippen molar-refractivity contribution in [2.75, 3.05) is 5.32 Å². The van der Waals surface area contributed by atoms with Gasteiger partial charge in [-0.25, -0.2) is 9.78 Å². The van der Waals surface area contributed by atoms with Crippen molar-refractivity contribution in [3.63, 3.8) is 0 Å². The Morgan fingerprint density at radius 1 is 1.24 bits per heavy atom. The molecule has 4 rings (SSSR count). The van der Waals surface area contributed by atoms with Gasteiger partial charge in [-0.05, 0) is 31.2 Å². The number of anilines is 1. The van der Waals surface area contributed by atoms with Gasteiger partial charge in [0.15, 0.2) is 0 Å². The molecule has 1 aliphatic rings. The summed E-state index contributed by atoms with van der Waals surface area (Å²) in [6, 6.07) is 7.62. The number of carbonyl (C=O) groups is 1. The van der Waals surface area contributed by atoms with Gasteiger partial charge in [0, 0.05) is 23.5 Å². The number of rotatable bonds is 1. The fourth-order valence-corrected chi connectivity index (χ4v) is 2.53. The Morgan fingerprint density at radius 3 is 2.86 bits per heavy atom. The van der Waals surface area contributed by atoms with Crippen molar-refractivity contribution in [3.8, 4) is 11.4 Å². The van der Waals surface area contributed by atoms with E-state index in [0.29, 0.717) is 0 Å². The van der Waals surface area contributed by atoms with Gasteiger partial charge in [0.1, 0.15) is 11.9 Å². The molecule has 2 N–H and O–H groups in total. The van der Waals surface area contributed by atoms with Crippen LogP contribution in [-0.2, 0) is 4.74 Å². The minimum atomic E-state index is -0.431. The molecule has 2 aromatic heterocycles. The van der Waals surface area contributed by atoms with Crippen molar-refractivity contribution in [2.45, 2.75) is 13.0 Å². The van der Waals surface area contributed by atoms with Gasteiger partial charge < -0.3 is 9.72 Å². The molecular formula is C15H12N4O2. The first-order valence-electron chi connectivity index (χ1n) is 6.62. The van der Waals surface area contributed by atoms with Gasteiger partial charge >= 0.3 is 6.09 Å². The van der Waals surface area contributed by atoms with Crippen LogP contribution in [0.4, 0.5) is 10.5 Å². The number of aromatic nitrogens is 3. The standard InChI is InChI=1S/C15H12N4O2/c1-8-10-6-12-13(7-11(10)19-15(20)21-8)18-14(17-12)9-2-4-16-5-3-9/h2-8H,1H3,(H,17,18)(H,19,20). The van der Waals surface area contributed by atoms with E-state index < -0.39 is 6.09 Å². The average molecular weight is 280 g/mol. The zero-order valence-electron chi connectivity index (χ0n) is 11.3. The minimum absolute atomic E-state index is 0.272. The summed E-state index contributed by atoms with van der Waals surface area (Å²) in [6.45, 7) is 1.85. The van der Waals surface area contributed by atoms with Crippen molar-refractivity contribution in [3.05, 3.63) is 42.2 Å². The normalized spacial score (nSPS) is 17.2. The first kappa shape index (κ1) is 11.9. The number of carbonyl (C=O) groups excluding carboxylic acids is 1. The maximum absolute atomic E-state index is 11.4. The first-order valence-corrected chi connectivity index (χ1v) is 6.62. The van der Waals surface area contributed by atoms with Crippen LogP contribution in [0.15, 0.2) is 36.7 Å². The SMILES string of the molecule is CC1OC(=O)Nc2cc3nc(-c4ccncc4)[nH]c3cc21. The lowest BCUT2D eigenvalue weighted by Gasteiger charge is -2.23. The number of nitrogens with one attached hydrogen (secondary N) is 2. The van der Waals surface area contributed by atoms with Crippen molar-refractivity contribution >= 4 is 22.8 Å². The number of cyclic esters (lactones) is 1. The smallest absolute Gasteiger partial charge is 0.412 e. The number of imidazole rings is 1. The molecule has 0 saturated carbocycles. The fourth-order valence-electron chi connectivity index (χ4n) is 2.53. The third kappa shape index (κ3) is 1.92. The maximum atomic E-state index is 11.4. The Bertz CT molecular complexity index is 842. The molecule has 21 heavy (non-hydrogen) atoms. The number of pyridine rings is 1. The monoisotopic (exact) mass is 280 g/mol. The second kappa shape index (κ2) is 4.31. The van der Waals surface area contributed by atoms with Crippen LogP contribution in [0.3, 0.4) is 0 Å². The van der Waals surface area contributed by atoms with Gasteiger partial charge in [0.25, 0.3) is 0 Å². The predicted molar refractivity (Wildman–Crippen MR) is 77.8 cm³/mol. The molecule has 0 aliphatic carbocycles. The number of hydrogen-bond acceptors (Lipinski definition) is 4. The van der Waals surface area contributed by atoms with E-state index in [1.807, 2.05) is 31.2 Å². The highest BCUT2D eigenvalue weighted by atomic mass is 16.6. The summed E-state index contributed by atoms with van der Waals surface area (Å²) in [5, 5.41) is 2.71. The number of fused-ring (bicyclic) bond motifs is 2. The van der Waals surface area contributed by atoms with E-state index in [1.165, 1.54) is 0 Å². The quantitative estimate of drug-likeness (QED) is 0.717. The van der Waals surface area contributed by atoms with Crippen molar-refractivity contribution in [2.24, 2.45) is 0 Å². The van der Waals surface area contributed by atoms with Gasteiger partial charge in [0.05, 0.1) is 16.7 Å². The largest absolute Gasteiger partial charge is 0.441 e. The first-order chi connectivity index (χ1) is 10.2. The lowest BCUT2D eigenvalue weighted by atomic mass is 10.1. The van der Waals surface area contributed by atoms with E-state index in [9.17, 15) is 4.79 Å². The summed E-state index contributed by atoms with van der Waals surface area (Å²) in [5.41, 5.74) is 4.36.